The summed E-state index contributed by atoms with van der Waals surface area (Å²) in [6.45, 7) is 8.94. The lowest BCUT2D eigenvalue weighted by Crippen LogP contribution is -2.34. The van der Waals surface area contributed by atoms with Gasteiger partial charge in [0.2, 0.25) is 0 Å². The summed E-state index contributed by atoms with van der Waals surface area (Å²) in [7, 11) is 1.65. The molecule has 5 aliphatic rings. The number of phenolic OH excluding ortho intramolecular Hbond substituents is 1. The molecule has 0 atom stereocenters. The Morgan fingerprint density at radius 1 is 0.562 bits per heavy atom. The maximum absolute atomic E-state index is 12.5. The first-order chi connectivity index (χ1) is 31.6. The fraction of sp³-hybridized carbons (Fsp3) is 0.380. The third-order valence-electron chi connectivity index (χ3n) is 11.2. The third kappa shape index (κ3) is 11.4. The van der Waals surface area contributed by atoms with Crippen LogP contribution in [0.1, 0.15) is 0 Å². The van der Waals surface area contributed by atoms with Crippen molar-refractivity contribution in [1.29, 1.82) is 0 Å². The van der Waals surface area contributed by atoms with E-state index in [0.29, 0.717) is 136 Å². The quantitative estimate of drug-likeness (QED) is 0.105. The van der Waals surface area contributed by atoms with Crippen molar-refractivity contribution < 1.29 is 47.4 Å². The van der Waals surface area contributed by atoms with Gasteiger partial charge in [0.25, 0.3) is 0 Å². The summed E-state index contributed by atoms with van der Waals surface area (Å²) in [4.78, 5) is 19.2. The number of rotatable bonds is 6. The topological polar surface area (TPSA) is 134 Å². The molecule has 0 unspecified atom stereocenters. The number of hydrogen-bond donors (Lipinski definition) is 1. The monoisotopic (exact) mass is 875 g/mol. The standard InChI is InChI=1S/C50H57N3O11/c1-56-28-33-63-49-34-37(50-40-13-11-38(54)35-47(40)64-48-36-39(55)12-14-41(48)50)10-15-44(49)53-20-26-61-45-8-4-2-6-42(45)51-16-22-57-29-31-59-24-18-52(19-25-60-32-30-58-23-17-51)43-7-3-5-9-46(43)62-27-21-53/h2-15,34-36,54H,16-33H2,1H3. The molecule has 4 heterocycles. The van der Waals surface area contributed by atoms with Crippen molar-refractivity contribution in [1.82, 2.24) is 0 Å². The van der Waals surface area contributed by atoms with E-state index in [2.05, 4.69) is 32.9 Å². The van der Waals surface area contributed by atoms with E-state index in [1.165, 1.54) is 12.1 Å². The molecule has 1 aliphatic carbocycles. The number of anilines is 3. The second-order valence-corrected chi connectivity index (χ2v) is 15.4. The average molecular weight is 876 g/mol. The molecule has 0 aromatic heterocycles. The van der Waals surface area contributed by atoms with Crippen molar-refractivity contribution in [3.05, 3.63) is 113 Å². The Kier molecular flexibility index (Phi) is 15.7. The summed E-state index contributed by atoms with van der Waals surface area (Å²) < 4.78 is 55.7. The fourth-order valence-electron chi connectivity index (χ4n) is 8.07. The van der Waals surface area contributed by atoms with Crippen LogP contribution in [0.15, 0.2) is 112 Å². The Balaban J connectivity index is 1.18. The summed E-state index contributed by atoms with van der Waals surface area (Å²) in [5.74, 6) is 2.61. The molecule has 4 aromatic carbocycles. The van der Waals surface area contributed by atoms with E-state index in [0.717, 1.165) is 50.6 Å². The lowest BCUT2D eigenvalue weighted by molar-refractivity contribution is 0.0435. The second kappa shape index (κ2) is 22.5. The van der Waals surface area contributed by atoms with Crippen LogP contribution < -0.4 is 34.3 Å². The van der Waals surface area contributed by atoms with E-state index in [4.69, 9.17) is 42.3 Å². The minimum atomic E-state index is -0.174. The van der Waals surface area contributed by atoms with Crippen LogP contribution in [0, 0.1) is 0 Å². The number of hydrogen-bond acceptors (Lipinski definition) is 14. The summed E-state index contributed by atoms with van der Waals surface area (Å²) in [6.07, 6.45) is 0. The molecule has 1 saturated heterocycles. The van der Waals surface area contributed by atoms with Gasteiger partial charge in [-0.3, -0.25) is 4.79 Å². The van der Waals surface area contributed by atoms with Crippen LogP contribution in [-0.2, 0) is 23.7 Å². The van der Waals surface area contributed by atoms with Crippen molar-refractivity contribution in [2.24, 2.45) is 0 Å². The molecule has 64 heavy (non-hydrogen) atoms. The molecule has 0 spiro atoms. The predicted octanol–water partition coefficient (Wildman–Crippen LogP) is 6.97. The molecule has 1 N–H and O–H groups in total. The zero-order valence-electron chi connectivity index (χ0n) is 36.4. The molecule has 14 heteroatoms. The van der Waals surface area contributed by atoms with Crippen LogP contribution in [0.4, 0.5) is 17.1 Å². The summed E-state index contributed by atoms with van der Waals surface area (Å²) in [5.41, 5.74) is 5.47. The zero-order valence-corrected chi connectivity index (χ0v) is 36.4. The lowest BCUT2D eigenvalue weighted by atomic mass is 9.93. The molecule has 2 bridgehead atoms. The summed E-state index contributed by atoms with van der Waals surface area (Å²) in [5, 5.41) is 11.2. The van der Waals surface area contributed by atoms with Gasteiger partial charge in [0, 0.05) is 61.9 Å². The Morgan fingerprint density at radius 2 is 1.12 bits per heavy atom. The minimum Gasteiger partial charge on any atom is -0.508 e. The molecule has 14 nitrogen and oxygen atoms in total. The zero-order chi connectivity index (χ0) is 43.9. The minimum absolute atomic E-state index is 0.0600. The van der Waals surface area contributed by atoms with Crippen LogP contribution in [0.5, 0.6) is 23.0 Å². The summed E-state index contributed by atoms with van der Waals surface area (Å²) >= 11 is 0. The van der Waals surface area contributed by atoms with Crippen LogP contribution in [0.25, 0.3) is 33.4 Å². The largest absolute Gasteiger partial charge is 0.508 e. The number of fused-ring (bicyclic) bond motifs is 22. The van der Waals surface area contributed by atoms with Crippen LogP contribution in [-0.4, -0.2) is 131 Å². The maximum atomic E-state index is 12.5. The van der Waals surface area contributed by atoms with E-state index >= 15 is 0 Å². The molecule has 1 fully saturated rings. The molecule has 0 amide bonds. The second-order valence-electron chi connectivity index (χ2n) is 15.4. The van der Waals surface area contributed by atoms with Crippen LogP contribution >= 0.6 is 0 Å². The van der Waals surface area contributed by atoms with Gasteiger partial charge < -0.3 is 62.1 Å². The molecule has 338 valence electrons. The van der Waals surface area contributed by atoms with Gasteiger partial charge >= 0.3 is 0 Å². The number of para-hydroxylation sites is 4. The molecular weight excluding hydrogens is 819 g/mol. The van der Waals surface area contributed by atoms with Crippen molar-refractivity contribution in [3.63, 3.8) is 0 Å². The number of benzene rings is 5. The van der Waals surface area contributed by atoms with Crippen molar-refractivity contribution in [3.8, 4) is 45.4 Å². The number of phenols is 1. The highest BCUT2D eigenvalue weighted by Crippen LogP contribution is 2.43. The van der Waals surface area contributed by atoms with Gasteiger partial charge in [-0.05, 0) is 66.2 Å². The first kappa shape index (κ1) is 44.6. The van der Waals surface area contributed by atoms with Crippen molar-refractivity contribution >= 4 is 28.0 Å². The van der Waals surface area contributed by atoms with Gasteiger partial charge in [0.15, 0.2) is 5.43 Å². The third-order valence-corrected chi connectivity index (χ3v) is 11.2. The Bertz CT molecular complexity index is 2350. The van der Waals surface area contributed by atoms with Gasteiger partial charge in [0.1, 0.15) is 54.2 Å². The van der Waals surface area contributed by atoms with Gasteiger partial charge in [0.05, 0.1) is 89.6 Å². The Hall–Kier alpha value is -6.03. The van der Waals surface area contributed by atoms with Crippen molar-refractivity contribution in [2.45, 2.75) is 0 Å². The van der Waals surface area contributed by atoms with E-state index in [1.54, 1.807) is 25.3 Å². The highest BCUT2D eigenvalue weighted by Gasteiger charge is 2.22. The normalized spacial score (nSPS) is 16.7. The van der Waals surface area contributed by atoms with Crippen LogP contribution in [0.2, 0.25) is 0 Å². The fourth-order valence-corrected chi connectivity index (χ4v) is 8.07. The SMILES string of the molecule is COCCOc1cc(-c2c3ccc(=O)cc-3oc3cc(O)ccc23)ccc1N1CCOc2ccccc2N2CCOCCOCCN(CCOCCOCC2)c2ccccc2OCC1. The number of nitrogens with zero attached hydrogens (tertiary/aromatic N) is 3. The average Bonchev–Trinajstić information content (AvgIpc) is 3.30. The van der Waals surface area contributed by atoms with E-state index < -0.39 is 0 Å². The van der Waals surface area contributed by atoms with Crippen molar-refractivity contribution in [2.75, 3.05) is 140 Å². The van der Waals surface area contributed by atoms with Gasteiger partial charge in [-0.1, -0.05) is 30.3 Å². The molecule has 4 aliphatic heterocycles. The van der Waals surface area contributed by atoms with Gasteiger partial charge in [-0.15, -0.1) is 0 Å². The molecule has 9 rings (SSSR count). The highest BCUT2D eigenvalue weighted by atomic mass is 16.5. The van der Waals surface area contributed by atoms with Crippen LogP contribution in [0.3, 0.4) is 0 Å². The van der Waals surface area contributed by atoms with Gasteiger partial charge in [-0.2, -0.15) is 0 Å². The maximum Gasteiger partial charge on any atom is 0.182 e. The number of aromatic hydroxyl groups is 1. The predicted molar refractivity (Wildman–Crippen MR) is 247 cm³/mol. The van der Waals surface area contributed by atoms with E-state index in [1.807, 2.05) is 54.6 Å². The molecule has 4 aromatic rings. The molecule has 0 saturated carbocycles. The first-order valence-corrected chi connectivity index (χ1v) is 22.0. The first-order valence-electron chi connectivity index (χ1n) is 22.0. The lowest BCUT2D eigenvalue weighted by Gasteiger charge is -2.30. The van der Waals surface area contributed by atoms with E-state index in [-0.39, 0.29) is 11.2 Å². The Labute approximate surface area is 373 Å². The Morgan fingerprint density at radius 3 is 1.72 bits per heavy atom. The molecular formula is C50H57N3O11. The highest BCUT2D eigenvalue weighted by molar-refractivity contribution is 6.02. The molecule has 0 radical (unpaired) electrons. The smallest absolute Gasteiger partial charge is 0.182 e. The number of ether oxygens (including phenoxy) is 8. The summed E-state index contributed by atoms with van der Waals surface area (Å²) in [6, 6.07) is 32.1. The number of methoxy groups -OCH3 is 1. The van der Waals surface area contributed by atoms with E-state index in [9.17, 15) is 9.90 Å². The van der Waals surface area contributed by atoms with Gasteiger partial charge in [-0.25, -0.2) is 0 Å².